The Bertz CT molecular complexity index is 791. The first-order valence-electron chi connectivity index (χ1n) is 11.0. The molecule has 2 fully saturated rings. The van der Waals surface area contributed by atoms with Crippen LogP contribution in [0.1, 0.15) is 61.9 Å². The number of amides is 1. The number of anilines is 1. The quantitative estimate of drug-likeness (QED) is 0.669. The largest absolute Gasteiger partial charge is 0.351 e. The summed E-state index contributed by atoms with van der Waals surface area (Å²) < 4.78 is 1.85. The molecular formula is C21H32N6OS. The molecule has 0 radical (unpaired) electrons. The second-order valence-corrected chi connectivity index (χ2v) is 9.14. The SMILES string of the molecule is CN(CCCNC(=O)c1cccn1-c1nnc(N2CCCC2)s1)C1CCCCC1. The number of rotatable bonds is 8. The average Bonchev–Trinajstić information content (AvgIpc) is 3.51. The minimum atomic E-state index is -0.0479. The second-order valence-electron chi connectivity index (χ2n) is 8.21. The highest BCUT2D eigenvalue weighted by Crippen LogP contribution is 2.27. The molecule has 0 atom stereocenters. The number of nitrogens with zero attached hydrogens (tertiary/aromatic N) is 5. The fourth-order valence-electron chi connectivity index (χ4n) is 4.40. The zero-order valence-corrected chi connectivity index (χ0v) is 18.2. The standard InChI is InChI=1S/C21H32N6OS/c1-25(17-9-3-2-4-10-17)13-8-12-22-19(28)18-11-7-16-27(18)21-24-23-20(29-21)26-14-5-6-15-26/h7,11,16-17H,2-6,8-10,12-15H2,1H3,(H,22,28). The first-order chi connectivity index (χ1) is 14.2. The molecule has 1 aliphatic carbocycles. The van der Waals surface area contributed by atoms with Crippen molar-refractivity contribution in [3.8, 4) is 5.13 Å². The highest BCUT2D eigenvalue weighted by atomic mass is 32.1. The van der Waals surface area contributed by atoms with Gasteiger partial charge in [0.2, 0.25) is 10.3 Å². The Morgan fingerprint density at radius 2 is 1.93 bits per heavy atom. The van der Waals surface area contributed by atoms with Gasteiger partial charge in [0.25, 0.3) is 5.91 Å². The van der Waals surface area contributed by atoms with Crippen LogP contribution in [0.5, 0.6) is 0 Å². The molecule has 8 heteroatoms. The van der Waals surface area contributed by atoms with Gasteiger partial charge < -0.3 is 15.1 Å². The highest BCUT2D eigenvalue weighted by molar-refractivity contribution is 7.17. The third kappa shape index (κ3) is 4.98. The van der Waals surface area contributed by atoms with Gasteiger partial charge in [-0.3, -0.25) is 9.36 Å². The van der Waals surface area contributed by atoms with Crippen molar-refractivity contribution < 1.29 is 4.79 Å². The van der Waals surface area contributed by atoms with Gasteiger partial charge in [-0.15, -0.1) is 10.2 Å². The molecule has 4 rings (SSSR count). The molecule has 0 spiro atoms. The van der Waals surface area contributed by atoms with Gasteiger partial charge >= 0.3 is 0 Å². The van der Waals surface area contributed by atoms with Gasteiger partial charge in [-0.05, 0) is 57.8 Å². The molecule has 1 saturated carbocycles. The summed E-state index contributed by atoms with van der Waals surface area (Å²) in [6.07, 6.45) is 12.0. The maximum Gasteiger partial charge on any atom is 0.268 e. The molecule has 2 aromatic rings. The van der Waals surface area contributed by atoms with Crippen LogP contribution in [0.4, 0.5) is 5.13 Å². The zero-order valence-electron chi connectivity index (χ0n) is 17.3. The Balaban J connectivity index is 1.28. The van der Waals surface area contributed by atoms with E-state index in [0.717, 1.165) is 42.4 Å². The van der Waals surface area contributed by atoms with E-state index >= 15 is 0 Å². The molecule has 1 amide bonds. The third-order valence-electron chi connectivity index (χ3n) is 6.14. The molecule has 0 unspecified atom stereocenters. The maximum absolute atomic E-state index is 12.7. The van der Waals surface area contributed by atoms with Gasteiger partial charge in [0.05, 0.1) is 0 Å². The van der Waals surface area contributed by atoms with E-state index < -0.39 is 0 Å². The van der Waals surface area contributed by atoms with Crippen molar-refractivity contribution >= 4 is 22.4 Å². The first-order valence-corrected chi connectivity index (χ1v) is 11.8. The smallest absolute Gasteiger partial charge is 0.268 e. The number of carbonyl (C=O) groups is 1. The predicted octanol–water partition coefficient (Wildman–Crippen LogP) is 3.31. The van der Waals surface area contributed by atoms with Crippen molar-refractivity contribution in [2.45, 2.75) is 57.4 Å². The Kier molecular flexibility index (Phi) is 6.82. The molecule has 7 nitrogen and oxygen atoms in total. The minimum absolute atomic E-state index is 0.0479. The summed E-state index contributed by atoms with van der Waals surface area (Å²) in [6, 6.07) is 4.46. The monoisotopic (exact) mass is 416 g/mol. The Hall–Kier alpha value is -1.93. The van der Waals surface area contributed by atoms with E-state index in [1.165, 1.54) is 44.9 Å². The Morgan fingerprint density at radius 1 is 1.17 bits per heavy atom. The number of nitrogens with one attached hydrogen (secondary N) is 1. The summed E-state index contributed by atoms with van der Waals surface area (Å²) in [5.74, 6) is -0.0479. The van der Waals surface area contributed by atoms with Crippen LogP contribution in [-0.4, -0.2) is 64.8 Å². The van der Waals surface area contributed by atoms with Crippen molar-refractivity contribution in [3.63, 3.8) is 0 Å². The van der Waals surface area contributed by atoms with Crippen LogP contribution in [0, 0.1) is 0 Å². The van der Waals surface area contributed by atoms with Crippen LogP contribution in [0.3, 0.4) is 0 Å². The normalized spacial score (nSPS) is 17.9. The van der Waals surface area contributed by atoms with Crippen molar-refractivity contribution in [1.29, 1.82) is 0 Å². The van der Waals surface area contributed by atoms with Gasteiger partial charge in [-0.25, -0.2) is 0 Å². The van der Waals surface area contributed by atoms with Crippen LogP contribution < -0.4 is 10.2 Å². The van der Waals surface area contributed by atoms with Crippen LogP contribution in [-0.2, 0) is 0 Å². The lowest BCUT2D eigenvalue weighted by molar-refractivity contribution is 0.0944. The van der Waals surface area contributed by atoms with E-state index in [1.807, 2.05) is 22.9 Å². The van der Waals surface area contributed by atoms with E-state index in [2.05, 4.69) is 32.4 Å². The number of carbonyl (C=O) groups excluding carboxylic acids is 1. The summed E-state index contributed by atoms with van der Waals surface area (Å²) in [7, 11) is 2.22. The summed E-state index contributed by atoms with van der Waals surface area (Å²) in [5, 5.41) is 13.4. The van der Waals surface area contributed by atoms with E-state index in [-0.39, 0.29) is 5.91 Å². The summed E-state index contributed by atoms with van der Waals surface area (Å²) >= 11 is 1.55. The molecule has 1 aliphatic heterocycles. The average molecular weight is 417 g/mol. The van der Waals surface area contributed by atoms with Crippen LogP contribution in [0.15, 0.2) is 18.3 Å². The van der Waals surface area contributed by atoms with Crippen LogP contribution in [0.2, 0.25) is 0 Å². The van der Waals surface area contributed by atoms with Gasteiger partial charge in [0.1, 0.15) is 5.69 Å². The van der Waals surface area contributed by atoms with Crippen molar-refractivity contribution in [2.75, 3.05) is 38.1 Å². The fraction of sp³-hybridized carbons (Fsp3) is 0.667. The van der Waals surface area contributed by atoms with Crippen molar-refractivity contribution in [1.82, 2.24) is 25.0 Å². The molecule has 2 aromatic heterocycles. The molecule has 1 N–H and O–H groups in total. The summed E-state index contributed by atoms with van der Waals surface area (Å²) in [4.78, 5) is 17.4. The molecule has 3 heterocycles. The molecule has 2 aliphatic rings. The lowest BCUT2D eigenvalue weighted by atomic mass is 9.94. The van der Waals surface area contributed by atoms with Crippen LogP contribution >= 0.6 is 11.3 Å². The number of hydrogen-bond acceptors (Lipinski definition) is 6. The summed E-state index contributed by atoms with van der Waals surface area (Å²) in [5.41, 5.74) is 0.620. The maximum atomic E-state index is 12.7. The van der Waals surface area contributed by atoms with Gasteiger partial charge in [-0.2, -0.15) is 0 Å². The molecule has 1 saturated heterocycles. The topological polar surface area (TPSA) is 66.3 Å². The highest BCUT2D eigenvalue weighted by Gasteiger charge is 2.20. The Labute approximate surface area is 177 Å². The van der Waals surface area contributed by atoms with Gasteiger partial charge in [-0.1, -0.05) is 30.6 Å². The van der Waals surface area contributed by atoms with E-state index in [0.29, 0.717) is 12.2 Å². The lowest BCUT2D eigenvalue weighted by Gasteiger charge is -2.31. The molecule has 0 aromatic carbocycles. The molecular weight excluding hydrogens is 384 g/mol. The van der Waals surface area contributed by atoms with E-state index in [9.17, 15) is 4.79 Å². The van der Waals surface area contributed by atoms with Gasteiger partial charge in [0.15, 0.2) is 0 Å². The van der Waals surface area contributed by atoms with Crippen molar-refractivity contribution in [2.24, 2.45) is 0 Å². The lowest BCUT2D eigenvalue weighted by Crippen LogP contribution is -2.36. The van der Waals surface area contributed by atoms with Crippen LogP contribution in [0.25, 0.3) is 5.13 Å². The molecule has 158 valence electrons. The Morgan fingerprint density at radius 3 is 2.72 bits per heavy atom. The van der Waals surface area contributed by atoms with E-state index in [4.69, 9.17) is 0 Å². The fourth-order valence-corrected chi connectivity index (χ4v) is 5.30. The number of aromatic nitrogens is 3. The molecule has 0 bridgehead atoms. The van der Waals surface area contributed by atoms with Crippen molar-refractivity contribution in [3.05, 3.63) is 24.0 Å². The van der Waals surface area contributed by atoms with Gasteiger partial charge in [0, 0.05) is 31.9 Å². The van der Waals surface area contributed by atoms with E-state index in [1.54, 1.807) is 11.3 Å². The minimum Gasteiger partial charge on any atom is -0.351 e. The second kappa shape index (κ2) is 9.71. The third-order valence-corrected chi connectivity index (χ3v) is 7.12. The summed E-state index contributed by atoms with van der Waals surface area (Å²) in [6.45, 7) is 3.81. The first kappa shape index (κ1) is 20.3. The number of hydrogen-bond donors (Lipinski definition) is 1. The zero-order chi connectivity index (χ0) is 20.1. The predicted molar refractivity (Wildman–Crippen MR) is 117 cm³/mol. The molecule has 29 heavy (non-hydrogen) atoms.